The van der Waals surface area contributed by atoms with E-state index in [0.29, 0.717) is 11.6 Å². The van der Waals surface area contributed by atoms with Gasteiger partial charge in [0.15, 0.2) is 5.69 Å². The van der Waals surface area contributed by atoms with E-state index in [-0.39, 0.29) is 11.5 Å². The lowest BCUT2D eigenvalue weighted by Crippen LogP contribution is -2.23. The predicted octanol–water partition coefficient (Wildman–Crippen LogP) is 1.10. The summed E-state index contributed by atoms with van der Waals surface area (Å²) in [6.07, 6.45) is 2.51. The van der Waals surface area contributed by atoms with Crippen molar-refractivity contribution >= 4 is 11.6 Å². The van der Waals surface area contributed by atoms with E-state index in [0.717, 1.165) is 30.9 Å². The number of aromatic amines is 1. The van der Waals surface area contributed by atoms with Crippen LogP contribution in [0, 0.1) is 11.3 Å². The van der Waals surface area contributed by atoms with E-state index in [9.17, 15) is 10.1 Å². The first-order valence-electron chi connectivity index (χ1n) is 7.47. The standard InChI is InChI=1S/C16H18N6O/c1-21(2)16-19-12(8-15(23)20-16)11-5-7-22(10-11)14-4-3-6-18-13(14)9-17/h3-4,6,8,11H,5,7,10H2,1-2H3,(H,19,20,23). The Morgan fingerprint density at radius 2 is 2.30 bits per heavy atom. The van der Waals surface area contributed by atoms with E-state index in [1.165, 1.54) is 0 Å². The summed E-state index contributed by atoms with van der Waals surface area (Å²) < 4.78 is 0. The molecule has 1 unspecified atom stereocenters. The normalized spacial score (nSPS) is 17.1. The number of hydrogen-bond donors (Lipinski definition) is 1. The van der Waals surface area contributed by atoms with E-state index < -0.39 is 0 Å². The fourth-order valence-electron chi connectivity index (χ4n) is 2.84. The van der Waals surface area contributed by atoms with E-state index >= 15 is 0 Å². The summed E-state index contributed by atoms with van der Waals surface area (Å²) in [6.45, 7) is 1.54. The van der Waals surface area contributed by atoms with Crippen LogP contribution in [0.15, 0.2) is 29.2 Å². The molecule has 1 fully saturated rings. The van der Waals surface area contributed by atoms with E-state index in [1.807, 2.05) is 26.2 Å². The summed E-state index contributed by atoms with van der Waals surface area (Å²) in [4.78, 5) is 27.1. The lowest BCUT2D eigenvalue weighted by Gasteiger charge is -2.19. The number of hydrogen-bond acceptors (Lipinski definition) is 6. The van der Waals surface area contributed by atoms with Gasteiger partial charge in [-0.05, 0) is 18.6 Å². The topological polar surface area (TPSA) is 88.9 Å². The second-order valence-electron chi connectivity index (χ2n) is 5.80. The van der Waals surface area contributed by atoms with Crippen LogP contribution < -0.4 is 15.4 Å². The van der Waals surface area contributed by atoms with E-state index in [1.54, 1.807) is 17.2 Å². The molecule has 0 aromatic carbocycles. The SMILES string of the molecule is CN(C)c1nc(C2CCN(c3cccnc3C#N)C2)cc(=O)[nH]1. The van der Waals surface area contributed by atoms with Gasteiger partial charge < -0.3 is 9.80 Å². The predicted molar refractivity (Wildman–Crippen MR) is 87.7 cm³/mol. The van der Waals surface area contributed by atoms with Gasteiger partial charge in [0.05, 0.1) is 11.4 Å². The molecule has 0 radical (unpaired) electrons. The van der Waals surface area contributed by atoms with E-state index in [4.69, 9.17) is 0 Å². The minimum Gasteiger partial charge on any atom is -0.368 e. The lowest BCUT2D eigenvalue weighted by molar-refractivity contribution is 0.733. The van der Waals surface area contributed by atoms with Gasteiger partial charge in [-0.2, -0.15) is 5.26 Å². The average molecular weight is 310 g/mol. The van der Waals surface area contributed by atoms with Crippen LogP contribution in [-0.2, 0) is 0 Å². The Balaban J connectivity index is 1.86. The first-order chi connectivity index (χ1) is 11.1. The zero-order valence-electron chi connectivity index (χ0n) is 13.2. The van der Waals surface area contributed by atoms with Crippen LogP contribution in [0.2, 0.25) is 0 Å². The fraction of sp³-hybridized carbons (Fsp3) is 0.375. The first-order valence-corrected chi connectivity index (χ1v) is 7.47. The monoisotopic (exact) mass is 310 g/mol. The maximum absolute atomic E-state index is 11.8. The number of nitrogens with zero attached hydrogens (tertiary/aromatic N) is 5. The molecule has 0 bridgehead atoms. The molecule has 3 heterocycles. The highest BCUT2D eigenvalue weighted by Crippen LogP contribution is 2.30. The van der Waals surface area contributed by atoms with Crippen molar-refractivity contribution in [2.75, 3.05) is 37.0 Å². The summed E-state index contributed by atoms with van der Waals surface area (Å²) in [6, 6.07) is 7.43. The minimum atomic E-state index is -0.142. The quantitative estimate of drug-likeness (QED) is 0.913. The molecule has 1 saturated heterocycles. The van der Waals surface area contributed by atoms with Crippen LogP contribution in [0.5, 0.6) is 0 Å². The molecule has 3 rings (SSSR count). The second kappa shape index (κ2) is 6.08. The molecule has 2 aromatic rings. The van der Waals surface area contributed by atoms with Crippen molar-refractivity contribution in [3.63, 3.8) is 0 Å². The number of H-pyrrole nitrogens is 1. The van der Waals surface area contributed by atoms with Crippen molar-refractivity contribution in [2.45, 2.75) is 12.3 Å². The Hall–Kier alpha value is -2.88. The number of nitriles is 1. The van der Waals surface area contributed by atoms with Gasteiger partial charge in [-0.15, -0.1) is 0 Å². The first kappa shape index (κ1) is 15.0. The number of rotatable bonds is 3. The molecular formula is C16H18N6O. The third-order valence-corrected chi connectivity index (χ3v) is 4.01. The number of pyridine rings is 1. The molecule has 0 saturated carbocycles. The highest BCUT2D eigenvalue weighted by molar-refractivity contribution is 5.56. The van der Waals surface area contributed by atoms with Gasteiger partial charge in [0.25, 0.3) is 5.56 Å². The van der Waals surface area contributed by atoms with Crippen LogP contribution in [-0.4, -0.2) is 42.1 Å². The molecule has 1 N–H and O–H groups in total. The van der Waals surface area contributed by atoms with Gasteiger partial charge in [0, 0.05) is 45.4 Å². The Morgan fingerprint density at radius 3 is 3.04 bits per heavy atom. The van der Waals surface area contributed by atoms with E-state index in [2.05, 4.69) is 25.9 Å². The van der Waals surface area contributed by atoms with Crippen molar-refractivity contribution in [3.8, 4) is 6.07 Å². The van der Waals surface area contributed by atoms with Gasteiger partial charge in [-0.25, -0.2) is 9.97 Å². The third-order valence-electron chi connectivity index (χ3n) is 4.01. The maximum Gasteiger partial charge on any atom is 0.252 e. The highest BCUT2D eigenvalue weighted by Gasteiger charge is 2.27. The zero-order valence-corrected chi connectivity index (χ0v) is 13.2. The van der Waals surface area contributed by atoms with Gasteiger partial charge in [-0.3, -0.25) is 9.78 Å². The van der Waals surface area contributed by atoms with Gasteiger partial charge in [0.2, 0.25) is 5.95 Å². The molecule has 0 aliphatic carbocycles. The molecule has 1 aliphatic rings. The summed E-state index contributed by atoms with van der Waals surface area (Å²) in [5.74, 6) is 0.729. The van der Waals surface area contributed by atoms with Crippen LogP contribution in [0.25, 0.3) is 0 Å². The van der Waals surface area contributed by atoms with Crippen molar-refractivity contribution in [1.29, 1.82) is 5.26 Å². The lowest BCUT2D eigenvalue weighted by atomic mass is 10.1. The summed E-state index contributed by atoms with van der Waals surface area (Å²) >= 11 is 0. The molecule has 118 valence electrons. The Kier molecular flexibility index (Phi) is 3.98. The number of nitrogens with one attached hydrogen (secondary N) is 1. The Bertz CT molecular complexity index is 807. The van der Waals surface area contributed by atoms with Crippen LogP contribution in [0.1, 0.15) is 23.7 Å². The van der Waals surface area contributed by atoms with Crippen molar-refractivity contribution in [3.05, 3.63) is 46.1 Å². The van der Waals surface area contributed by atoms with Crippen LogP contribution >= 0.6 is 0 Å². The van der Waals surface area contributed by atoms with Gasteiger partial charge >= 0.3 is 0 Å². The molecule has 1 aliphatic heterocycles. The summed E-state index contributed by atoms with van der Waals surface area (Å²) in [5, 5.41) is 9.19. The molecule has 7 nitrogen and oxygen atoms in total. The number of anilines is 2. The van der Waals surface area contributed by atoms with Crippen molar-refractivity contribution in [2.24, 2.45) is 0 Å². The van der Waals surface area contributed by atoms with Crippen molar-refractivity contribution < 1.29 is 0 Å². The maximum atomic E-state index is 11.8. The van der Waals surface area contributed by atoms with Crippen LogP contribution in [0.3, 0.4) is 0 Å². The molecular weight excluding hydrogens is 292 g/mol. The van der Waals surface area contributed by atoms with Crippen LogP contribution in [0.4, 0.5) is 11.6 Å². The number of aromatic nitrogens is 3. The fourth-order valence-corrected chi connectivity index (χ4v) is 2.84. The third kappa shape index (κ3) is 3.01. The molecule has 23 heavy (non-hydrogen) atoms. The van der Waals surface area contributed by atoms with Gasteiger partial charge in [0.1, 0.15) is 6.07 Å². The highest BCUT2D eigenvalue weighted by atomic mass is 16.1. The Labute approximate surface area is 134 Å². The smallest absolute Gasteiger partial charge is 0.252 e. The van der Waals surface area contributed by atoms with Gasteiger partial charge in [-0.1, -0.05) is 0 Å². The summed E-state index contributed by atoms with van der Waals surface area (Å²) in [7, 11) is 3.69. The largest absolute Gasteiger partial charge is 0.368 e. The van der Waals surface area contributed by atoms with Crippen molar-refractivity contribution in [1.82, 2.24) is 15.0 Å². The molecule has 1 atom stereocenters. The second-order valence-corrected chi connectivity index (χ2v) is 5.80. The molecule has 0 amide bonds. The summed E-state index contributed by atoms with van der Waals surface area (Å²) in [5.41, 5.74) is 1.93. The average Bonchev–Trinajstić information content (AvgIpc) is 3.04. The molecule has 2 aromatic heterocycles. The minimum absolute atomic E-state index is 0.142. The Morgan fingerprint density at radius 1 is 1.48 bits per heavy atom. The molecule has 0 spiro atoms. The zero-order chi connectivity index (χ0) is 16.4. The molecule has 7 heteroatoms.